The van der Waals surface area contributed by atoms with Gasteiger partial charge in [0.25, 0.3) is 10.2 Å². The molecule has 1 aliphatic carbocycles. The first-order chi connectivity index (χ1) is 17.9. The van der Waals surface area contributed by atoms with Crippen LogP contribution in [0.2, 0.25) is 0 Å². The third kappa shape index (κ3) is 4.16. The minimum Gasteiger partial charge on any atom is -0.347 e. The zero-order valence-electron chi connectivity index (χ0n) is 21.7. The first-order valence-electron chi connectivity index (χ1n) is 13.3. The van der Waals surface area contributed by atoms with Crippen molar-refractivity contribution < 1.29 is 8.42 Å². The molecule has 2 aromatic heterocycles. The van der Waals surface area contributed by atoms with Crippen molar-refractivity contribution in [3.8, 4) is 0 Å². The fraction of sp³-hybridized carbons (Fsp3) is 0.481. The zero-order chi connectivity index (χ0) is 25.7. The van der Waals surface area contributed by atoms with Crippen molar-refractivity contribution in [2.24, 2.45) is 0 Å². The minimum atomic E-state index is -3.57. The summed E-state index contributed by atoms with van der Waals surface area (Å²) in [7, 11) is -3.57. The molecule has 1 fully saturated rings. The second-order valence-electron chi connectivity index (χ2n) is 10.2. The molecule has 3 atom stereocenters. The van der Waals surface area contributed by atoms with Crippen LogP contribution in [0.4, 0.5) is 0 Å². The van der Waals surface area contributed by atoms with Gasteiger partial charge in [0.2, 0.25) is 0 Å². The number of hydrogen-bond donors (Lipinski definition) is 1. The van der Waals surface area contributed by atoms with Crippen LogP contribution in [0, 0.1) is 0 Å². The molecule has 10 heteroatoms. The number of likely N-dealkylation sites (tertiary alicyclic amines) is 1. The molecule has 1 N–H and O–H groups in total. The van der Waals surface area contributed by atoms with Gasteiger partial charge >= 0.3 is 0 Å². The zero-order valence-corrected chi connectivity index (χ0v) is 22.5. The molecular weight excluding hydrogens is 486 g/mol. The van der Waals surface area contributed by atoms with Gasteiger partial charge < -0.3 is 4.57 Å². The lowest BCUT2D eigenvalue weighted by atomic mass is 9.74. The van der Waals surface area contributed by atoms with Crippen molar-refractivity contribution in [3.05, 3.63) is 59.8 Å². The average molecular weight is 522 g/mol. The van der Waals surface area contributed by atoms with E-state index in [2.05, 4.69) is 55.8 Å². The van der Waals surface area contributed by atoms with E-state index >= 15 is 0 Å². The lowest BCUT2D eigenvalue weighted by Gasteiger charge is -2.47. The van der Waals surface area contributed by atoms with E-state index in [0.717, 1.165) is 30.4 Å². The number of aryl methyl sites for hydroxylation is 1. The van der Waals surface area contributed by atoms with Crippen LogP contribution in [-0.2, 0) is 29.8 Å². The highest BCUT2D eigenvalue weighted by atomic mass is 32.2. The third-order valence-corrected chi connectivity index (χ3v) is 10.0. The van der Waals surface area contributed by atoms with Gasteiger partial charge in [-0.25, -0.2) is 4.68 Å². The van der Waals surface area contributed by atoms with Crippen molar-refractivity contribution in [1.29, 1.82) is 0 Å². The Bertz CT molecular complexity index is 1540. The summed E-state index contributed by atoms with van der Waals surface area (Å²) < 4.78 is 35.3. The van der Waals surface area contributed by atoms with Crippen molar-refractivity contribution in [2.75, 3.05) is 19.6 Å². The Morgan fingerprint density at radius 3 is 2.62 bits per heavy atom. The highest BCUT2D eigenvalue weighted by Crippen LogP contribution is 2.44. The predicted molar refractivity (Wildman–Crippen MR) is 145 cm³/mol. The first kappa shape index (κ1) is 24.5. The van der Waals surface area contributed by atoms with E-state index in [-0.39, 0.29) is 18.0 Å². The number of aromatic nitrogens is 4. The standard InChI is InChI=1S/C27H35N7O2S/c1-4-31-16-19-14-26-22(21-10-9-13-25(31)27(19)21)15-20(29-37(35,36)33(5-2)6-3)17-32(26)18-34-24-12-8-7-11-23(24)28-30-34/h7-13,16,20,22,26,29H,4-6,14-15,17-18H2,1-3H3/t20-,22+,26+/m0/s1. The summed E-state index contributed by atoms with van der Waals surface area (Å²) in [6.45, 7) is 8.95. The largest absolute Gasteiger partial charge is 0.347 e. The fourth-order valence-corrected chi connectivity index (χ4v) is 7.95. The SMILES string of the molecule is CCN(CC)S(=O)(=O)N[C@H]1C[C@@H]2c3cccc4c3c(cn4CC)C[C@H]2N(Cn2nnc3ccccc32)C1. The van der Waals surface area contributed by atoms with Crippen LogP contribution in [0.5, 0.6) is 0 Å². The fourth-order valence-electron chi connectivity index (χ4n) is 6.53. The topological polar surface area (TPSA) is 88.3 Å². The lowest BCUT2D eigenvalue weighted by Crippen LogP contribution is -2.58. The monoisotopic (exact) mass is 521 g/mol. The number of nitrogens with zero attached hydrogens (tertiary/aromatic N) is 6. The van der Waals surface area contributed by atoms with Gasteiger partial charge in [0.1, 0.15) is 5.52 Å². The Hall–Kier alpha value is -2.79. The van der Waals surface area contributed by atoms with E-state index in [1.54, 1.807) is 0 Å². The molecule has 4 aromatic rings. The summed E-state index contributed by atoms with van der Waals surface area (Å²) in [5.74, 6) is 0.219. The molecule has 0 radical (unpaired) electrons. The summed E-state index contributed by atoms with van der Waals surface area (Å²) in [5.41, 5.74) is 5.83. The molecule has 0 amide bonds. The summed E-state index contributed by atoms with van der Waals surface area (Å²) >= 11 is 0. The van der Waals surface area contributed by atoms with Gasteiger partial charge in [-0.15, -0.1) is 5.10 Å². The summed E-state index contributed by atoms with van der Waals surface area (Å²) in [6, 6.07) is 14.6. The van der Waals surface area contributed by atoms with Crippen molar-refractivity contribution in [1.82, 2.24) is 33.5 Å². The third-order valence-electron chi connectivity index (χ3n) is 8.21. The smallest absolute Gasteiger partial charge is 0.279 e. The highest BCUT2D eigenvalue weighted by Gasteiger charge is 2.42. The molecule has 0 spiro atoms. The van der Waals surface area contributed by atoms with Crippen molar-refractivity contribution in [2.45, 2.75) is 64.8 Å². The van der Waals surface area contributed by atoms with Gasteiger partial charge in [-0.3, -0.25) is 4.90 Å². The van der Waals surface area contributed by atoms with Crippen LogP contribution in [0.3, 0.4) is 0 Å². The molecule has 0 saturated carbocycles. The van der Waals surface area contributed by atoms with E-state index < -0.39 is 10.2 Å². The highest BCUT2D eigenvalue weighted by molar-refractivity contribution is 7.87. The van der Waals surface area contributed by atoms with Crippen LogP contribution in [0.15, 0.2) is 48.7 Å². The van der Waals surface area contributed by atoms with Crippen LogP contribution in [0.1, 0.15) is 44.2 Å². The molecule has 3 heterocycles. The molecule has 9 nitrogen and oxygen atoms in total. The lowest BCUT2D eigenvalue weighted by molar-refractivity contribution is 0.0704. The first-order valence-corrected chi connectivity index (χ1v) is 14.8. The molecular formula is C27H35N7O2S. The Kier molecular flexibility index (Phi) is 6.30. The molecule has 0 bridgehead atoms. The summed E-state index contributed by atoms with van der Waals surface area (Å²) in [4.78, 5) is 2.41. The summed E-state index contributed by atoms with van der Waals surface area (Å²) in [5, 5.41) is 10.2. The maximum atomic E-state index is 13.2. The predicted octanol–water partition coefficient (Wildman–Crippen LogP) is 3.32. The second-order valence-corrected chi connectivity index (χ2v) is 11.9. The molecule has 0 unspecified atom stereocenters. The van der Waals surface area contributed by atoms with Crippen molar-refractivity contribution >= 4 is 32.1 Å². The molecule has 1 saturated heterocycles. The molecule has 196 valence electrons. The molecule has 6 rings (SSSR count). The van der Waals surface area contributed by atoms with Crippen LogP contribution >= 0.6 is 0 Å². The van der Waals surface area contributed by atoms with Gasteiger partial charge in [0, 0.05) is 61.3 Å². The van der Waals surface area contributed by atoms with Crippen molar-refractivity contribution in [3.63, 3.8) is 0 Å². The minimum absolute atomic E-state index is 0.202. The maximum absolute atomic E-state index is 13.2. The maximum Gasteiger partial charge on any atom is 0.279 e. The number of rotatable bonds is 8. The Morgan fingerprint density at radius 2 is 1.84 bits per heavy atom. The van der Waals surface area contributed by atoms with E-state index in [0.29, 0.717) is 26.3 Å². The van der Waals surface area contributed by atoms with Crippen LogP contribution in [-0.4, -0.2) is 68.9 Å². The van der Waals surface area contributed by atoms with Crippen LogP contribution < -0.4 is 4.72 Å². The molecule has 37 heavy (non-hydrogen) atoms. The number of nitrogens with one attached hydrogen (secondary N) is 1. The van der Waals surface area contributed by atoms with Crippen LogP contribution in [0.25, 0.3) is 21.9 Å². The number of hydrogen-bond acceptors (Lipinski definition) is 5. The van der Waals surface area contributed by atoms with Gasteiger partial charge in [-0.05, 0) is 49.1 Å². The Balaban J connectivity index is 1.40. The number of piperidine rings is 1. The molecule has 2 aliphatic rings. The van der Waals surface area contributed by atoms with Gasteiger partial charge in [0.15, 0.2) is 0 Å². The van der Waals surface area contributed by atoms with Gasteiger partial charge in [-0.1, -0.05) is 43.3 Å². The Morgan fingerprint density at radius 1 is 1.05 bits per heavy atom. The van der Waals surface area contributed by atoms with E-state index in [1.807, 2.05) is 42.8 Å². The second kappa shape index (κ2) is 9.50. The normalized spacial score (nSPS) is 22.2. The van der Waals surface area contributed by atoms with E-state index in [9.17, 15) is 8.42 Å². The number of para-hydroxylation sites is 1. The number of fused-ring (bicyclic) bond motifs is 3. The van der Waals surface area contributed by atoms with E-state index in [4.69, 9.17) is 0 Å². The quantitative estimate of drug-likeness (QED) is 0.384. The summed E-state index contributed by atoms with van der Waals surface area (Å²) in [6.07, 6.45) is 4.02. The van der Waals surface area contributed by atoms with E-state index in [1.165, 1.54) is 26.3 Å². The number of benzene rings is 2. The average Bonchev–Trinajstić information content (AvgIpc) is 3.47. The van der Waals surface area contributed by atoms with Gasteiger partial charge in [0.05, 0.1) is 12.2 Å². The van der Waals surface area contributed by atoms with Gasteiger partial charge in [-0.2, -0.15) is 17.4 Å². The molecule has 2 aromatic carbocycles. The Labute approximate surface area is 218 Å². The molecule has 1 aliphatic heterocycles.